The zero-order valence-electron chi connectivity index (χ0n) is 12.7. The van der Waals surface area contributed by atoms with Crippen LogP contribution in [0.2, 0.25) is 0 Å². The minimum absolute atomic E-state index is 0.0192. The molecular formula is C16H18N4O2. The maximum absolute atomic E-state index is 10.1. The van der Waals surface area contributed by atoms with E-state index >= 15 is 0 Å². The molecule has 0 aromatic rings. The predicted molar refractivity (Wildman–Crippen MR) is 76.7 cm³/mol. The molecule has 4 bridgehead atoms. The Hall–Kier alpha value is -1.92. The van der Waals surface area contributed by atoms with Crippen LogP contribution in [0.3, 0.4) is 0 Å². The average Bonchev–Trinajstić information content (AvgIpc) is 2.70. The third kappa shape index (κ3) is 1.11. The van der Waals surface area contributed by atoms with Gasteiger partial charge in [0.25, 0.3) is 0 Å². The monoisotopic (exact) mass is 298 g/mol. The van der Waals surface area contributed by atoms with Gasteiger partial charge in [0.05, 0.1) is 24.2 Å². The molecular weight excluding hydrogens is 280 g/mol. The van der Waals surface area contributed by atoms with Crippen molar-refractivity contribution in [2.75, 3.05) is 0 Å². The van der Waals surface area contributed by atoms with E-state index in [4.69, 9.17) is 14.9 Å². The number of ether oxygens (including phenoxy) is 2. The van der Waals surface area contributed by atoms with Crippen LogP contribution in [0, 0.1) is 50.7 Å². The van der Waals surface area contributed by atoms with Gasteiger partial charge >= 0.3 is 0 Å². The Bertz CT molecular complexity index is 687. The summed E-state index contributed by atoms with van der Waals surface area (Å²) in [6, 6.07) is 4.65. The second-order valence-electron chi connectivity index (χ2n) is 7.10. The molecule has 0 amide bonds. The van der Waals surface area contributed by atoms with Crippen molar-refractivity contribution >= 4 is 11.7 Å². The topological polar surface area (TPSA) is 102 Å². The number of nitrogens with one attached hydrogen (secondary N) is 1. The highest BCUT2D eigenvalue weighted by atomic mass is 16.7. The van der Waals surface area contributed by atoms with Gasteiger partial charge in [0.1, 0.15) is 5.84 Å². The molecule has 4 fully saturated rings. The number of fused-ring (bicyclic) bond motifs is 1. The van der Waals surface area contributed by atoms with Gasteiger partial charge in [-0.1, -0.05) is 20.3 Å². The van der Waals surface area contributed by atoms with Crippen molar-refractivity contribution in [1.82, 2.24) is 0 Å². The van der Waals surface area contributed by atoms with Gasteiger partial charge in [-0.05, 0) is 18.8 Å². The minimum atomic E-state index is -1.28. The fraction of sp³-hybridized carbons (Fsp3) is 0.750. The molecule has 1 aliphatic carbocycles. The van der Waals surface area contributed by atoms with E-state index in [9.17, 15) is 10.5 Å². The van der Waals surface area contributed by atoms with Crippen LogP contribution in [0.4, 0.5) is 0 Å². The molecule has 1 saturated carbocycles. The van der Waals surface area contributed by atoms with Crippen LogP contribution in [0.1, 0.15) is 39.5 Å². The third-order valence-corrected chi connectivity index (χ3v) is 5.85. The standard InChI is InChI=1S/C16H18N4O2/c1-9(2)11-15(8-18)13-20-12(19)14(15,7-17)10-5-3-4-6-16(10,21-11)22-13/h9-11,19H,3-6H2,1-2H3. The van der Waals surface area contributed by atoms with Crippen LogP contribution >= 0.6 is 0 Å². The maximum Gasteiger partial charge on any atom is 0.218 e. The molecule has 6 nitrogen and oxygen atoms in total. The van der Waals surface area contributed by atoms with Crippen molar-refractivity contribution in [1.29, 1.82) is 15.9 Å². The predicted octanol–water partition coefficient (Wildman–Crippen LogP) is 2.37. The maximum atomic E-state index is 10.1. The molecule has 4 aliphatic heterocycles. The first-order chi connectivity index (χ1) is 10.5. The lowest BCUT2D eigenvalue weighted by Gasteiger charge is -2.63. The SMILES string of the molecule is CC(C)C1OC23CCCCC2C2(C#N)C(=N)N=C(O3)C12C#N. The highest BCUT2D eigenvalue weighted by Crippen LogP contribution is 2.69. The van der Waals surface area contributed by atoms with Crippen molar-refractivity contribution in [3.05, 3.63) is 0 Å². The number of amidine groups is 1. The Morgan fingerprint density at radius 3 is 2.64 bits per heavy atom. The van der Waals surface area contributed by atoms with Crippen molar-refractivity contribution < 1.29 is 9.47 Å². The molecule has 5 aliphatic rings. The van der Waals surface area contributed by atoms with E-state index in [2.05, 4.69) is 17.1 Å². The molecule has 5 unspecified atom stereocenters. The van der Waals surface area contributed by atoms with Crippen LogP contribution < -0.4 is 0 Å². The van der Waals surface area contributed by atoms with Gasteiger partial charge in [0, 0.05) is 6.42 Å². The van der Waals surface area contributed by atoms with Gasteiger partial charge in [-0.2, -0.15) is 15.5 Å². The average molecular weight is 298 g/mol. The molecule has 0 radical (unpaired) electrons. The summed E-state index contributed by atoms with van der Waals surface area (Å²) < 4.78 is 12.4. The Morgan fingerprint density at radius 2 is 2.00 bits per heavy atom. The highest BCUT2D eigenvalue weighted by molar-refractivity contribution is 6.12. The van der Waals surface area contributed by atoms with Crippen molar-refractivity contribution in [2.45, 2.75) is 51.4 Å². The smallest absolute Gasteiger partial charge is 0.218 e. The van der Waals surface area contributed by atoms with Crippen molar-refractivity contribution in [3.8, 4) is 12.1 Å². The van der Waals surface area contributed by atoms with Crippen LogP contribution in [-0.4, -0.2) is 23.6 Å². The van der Waals surface area contributed by atoms with Crippen LogP contribution in [0.25, 0.3) is 0 Å². The lowest BCUT2D eigenvalue weighted by Crippen LogP contribution is -2.76. The van der Waals surface area contributed by atoms with Gasteiger partial charge in [-0.15, -0.1) is 0 Å². The van der Waals surface area contributed by atoms with Gasteiger partial charge < -0.3 is 9.47 Å². The summed E-state index contributed by atoms with van der Waals surface area (Å²) in [7, 11) is 0. The number of rotatable bonds is 1. The lowest BCUT2D eigenvalue weighted by molar-refractivity contribution is -0.358. The van der Waals surface area contributed by atoms with Gasteiger partial charge in [-0.3, -0.25) is 5.41 Å². The molecule has 5 atom stereocenters. The zero-order valence-corrected chi connectivity index (χ0v) is 12.7. The molecule has 0 aromatic carbocycles. The van der Waals surface area contributed by atoms with Gasteiger partial charge in [0.2, 0.25) is 11.7 Å². The normalized spacial score (nSPS) is 48.2. The summed E-state index contributed by atoms with van der Waals surface area (Å²) in [5.41, 5.74) is -2.51. The van der Waals surface area contributed by atoms with Gasteiger partial charge in [0.15, 0.2) is 10.8 Å². The van der Waals surface area contributed by atoms with Crippen LogP contribution in [-0.2, 0) is 9.47 Å². The fourth-order valence-electron chi connectivity index (χ4n) is 4.99. The molecule has 1 N–H and O–H groups in total. The largest absolute Gasteiger partial charge is 0.447 e. The summed E-state index contributed by atoms with van der Waals surface area (Å²) in [6.07, 6.45) is 2.87. The molecule has 4 heterocycles. The Morgan fingerprint density at radius 1 is 1.27 bits per heavy atom. The Balaban J connectivity index is 2.04. The molecule has 1 spiro atoms. The summed E-state index contributed by atoms with van der Waals surface area (Å²) >= 11 is 0. The molecule has 6 heteroatoms. The van der Waals surface area contributed by atoms with Crippen molar-refractivity contribution in [3.63, 3.8) is 0 Å². The van der Waals surface area contributed by atoms with Crippen LogP contribution in [0.5, 0.6) is 0 Å². The first-order valence-corrected chi connectivity index (χ1v) is 7.86. The molecule has 114 valence electrons. The molecule has 0 aromatic heterocycles. The second kappa shape index (κ2) is 3.88. The number of nitriles is 2. The molecule has 3 saturated heterocycles. The first kappa shape index (κ1) is 13.7. The summed E-state index contributed by atoms with van der Waals surface area (Å²) in [4.78, 5) is 4.22. The third-order valence-electron chi connectivity index (χ3n) is 5.85. The Kier molecular flexibility index (Phi) is 2.42. The van der Waals surface area contributed by atoms with E-state index in [0.717, 1.165) is 19.3 Å². The number of hydrogen-bond acceptors (Lipinski definition) is 5. The fourth-order valence-corrected chi connectivity index (χ4v) is 4.99. The van der Waals surface area contributed by atoms with Crippen molar-refractivity contribution in [2.24, 2.45) is 27.7 Å². The zero-order chi connectivity index (χ0) is 15.8. The van der Waals surface area contributed by atoms with E-state index < -0.39 is 22.7 Å². The van der Waals surface area contributed by atoms with Gasteiger partial charge in [-0.25, -0.2) is 0 Å². The number of aliphatic imine (C=N–C) groups is 1. The van der Waals surface area contributed by atoms with E-state index in [-0.39, 0.29) is 23.6 Å². The van der Waals surface area contributed by atoms with E-state index in [0.29, 0.717) is 6.42 Å². The molecule has 22 heavy (non-hydrogen) atoms. The minimum Gasteiger partial charge on any atom is -0.447 e. The lowest BCUT2D eigenvalue weighted by atomic mass is 9.48. The number of hydrogen-bond donors (Lipinski definition) is 1. The van der Waals surface area contributed by atoms with E-state index in [1.165, 1.54) is 0 Å². The van der Waals surface area contributed by atoms with Crippen LogP contribution in [0.15, 0.2) is 4.99 Å². The Labute approximate surface area is 129 Å². The summed E-state index contributed by atoms with van der Waals surface area (Å²) in [6.45, 7) is 3.96. The first-order valence-electron chi connectivity index (χ1n) is 7.86. The molecule has 5 rings (SSSR count). The van der Waals surface area contributed by atoms with E-state index in [1.807, 2.05) is 13.8 Å². The second-order valence-corrected chi connectivity index (χ2v) is 7.10. The number of nitrogens with zero attached hydrogens (tertiary/aromatic N) is 3. The summed E-state index contributed by atoms with van der Waals surface area (Å²) in [5, 5.41) is 28.5. The summed E-state index contributed by atoms with van der Waals surface area (Å²) in [5.74, 6) is -0.926. The quantitative estimate of drug-likeness (QED) is 0.802. The van der Waals surface area contributed by atoms with E-state index in [1.54, 1.807) is 0 Å². The highest BCUT2D eigenvalue weighted by Gasteiger charge is 2.83.